The van der Waals surface area contributed by atoms with E-state index in [2.05, 4.69) is 31.8 Å². The van der Waals surface area contributed by atoms with Crippen LogP contribution < -0.4 is 5.32 Å². The van der Waals surface area contributed by atoms with E-state index in [4.69, 9.17) is 0 Å². The average molecular weight is 145 g/mol. The lowest BCUT2D eigenvalue weighted by molar-refractivity contribution is 0.144. The first-order valence-electron chi connectivity index (χ1n) is 3.52. The molecule has 1 nitrogen and oxygen atoms in total. The lowest BCUT2D eigenvalue weighted by Gasteiger charge is -2.44. The molecular formula is C7H15NS. The molecule has 0 aromatic rings. The van der Waals surface area contributed by atoms with E-state index in [-0.39, 0.29) is 0 Å². The molecule has 1 saturated carbocycles. The molecule has 0 aliphatic heterocycles. The Morgan fingerprint density at radius 3 is 2.56 bits per heavy atom. The van der Waals surface area contributed by atoms with Gasteiger partial charge in [-0.2, -0.15) is 12.6 Å². The predicted octanol–water partition coefficient (Wildman–Crippen LogP) is 1.65. The van der Waals surface area contributed by atoms with Gasteiger partial charge in [0.1, 0.15) is 0 Å². The first-order chi connectivity index (χ1) is 4.16. The van der Waals surface area contributed by atoms with Crippen molar-refractivity contribution in [3.05, 3.63) is 0 Å². The molecule has 0 unspecified atom stereocenters. The standard InChI is InChI=1S/C7H15NS/c1-6-3-7(2,4-6)8-5-9/h6,8-9H,3-5H2,1-2H3. The predicted molar refractivity (Wildman–Crippen MR) is 43.8 cm³/mol. The third-order valence-electron chi connectivity index (χ3n) is 2.10. The molecule has 2 heteroatoms. The second-order valence-electron chi connectivity index (χ2n) is 3.41. The molecule has 0 aromatic carbocycles. The highest BCUT2D eigenvalue weighted by molar-refractivity contribution is 7.80. The maximum Gasteiger partial charge on any atom is 0.0391 e. The molecule has 0 spiro atoms. The second-order valence-corrected chi connectivity index (χ2v) is 3.73. The number of thiol groups is 1. The van der Waals surface area contributed by atoms with E-state index in [1.165, 1.54) is 12.8 Å². The van der Waals surface area contributed by atoms with Crippen molar-refractivity contribution in [1.29, 1.82) is 0 Å². The zero-order chi connectivity index (χ0) is 6.91. The molecule has 1 fully saturated rings. The van der Waals surface area contributed by atoms with E-state index in [9.17, 15) is 0 Å². The molecule has 1 N–H and O–H groups in total. The third kappa shape index (κ3) is 1.62. The summed E-state index contributed by atoms with van der Waals surface area (Å²) < 4.78 is 0. The number of nitrogens with one attached hydrogen (secondary N) is 1. The Morgan fingerprint density at radius 2 is 2.22 bits per heavy atom. The van der Waals surface area contributed by atoms with E-state index < -0.39 is 0 Å². The molecule has 54 valence electrons. The minimum atomic E-state index is 0.418. The minimum Gasteiger partial charge on any atom is -0.303 e. The molecule has 1 aliphatic rings. The Bertz CT molecular complexity index is 91.6. The van der Waals surface area contributed by atoms with Gasteiger partial charge in [-0.1, -0.05) is 6.92 Å². The number of rotatable bonds is 2. The second kappa shape index (κ2) is 2.51. The highest BCUT2D eigenvalue weighted by atomic mass is 32.1. The van der Waals surface area contributed by atoms with Crippen LogP contribution in [-0.4, -0.2) is 11.4 Å². The average Bonchev–Trinajstić information content (AvgIpc) is 1.62. The van der Waals surface area contributed by atoms with Gasteiger partial charge in [-0.3, -0.25) is 0 Å². The summed E-state index contributed by atoms with van der Waals surface area (Å²) >= 11 is 4.12. The molecule has 9 heavy (non-hydrogen) atoms. The van der Waals surface area contributed by atoms with Crippen molar-refractivity contribution in [3.8, 4) is 0 Å². The van der Waals surface area contributed by atoms with Crippen LogP contribution in [0.2, 0.25) is 0 Å². The van der Waals surface area contributed by atoms with E-state index in [0.717, 1.165) is 11.8 Å². The topological polar surface area (TPSA) is 12.0 Å². The van der Waals surface area contributed by atoms with Gasteiger partial charge >= 0.3 is 0 Å². The summed E-state index contributed by atoms with van der Waals surface area (Å²) in [5.74, 6) is 1.73. The third-order valence-corrected chi connectivity index (χ3v) is 2.26. The van der Waals surface area contributed by atoms with Gasteiger partial charge < -0.3 is 5.32 Å². The van der Waals surface area contributed by atoms with Crippen LogP contribution in [0.15, 0.2) is 0 Å². The fourth-order valence-corrected chi connectivity index (χ4v) is 2.20. The van der Waals surface area contributed by atoms with Crippen LogP contribution in [0.5, 0.6) is 0 Å². The van der Waals surface area contributed by atoms with Crippen LogP contribution in [0.25, 0.3) is 0 Å². The fraction of sp³-hybridized carbons (Fsp3) is 1.00. The van der Waals surface area contributed by atoms with Gasteiger partial charge in [-0.05, 0) is 25.7 Å². The van der Waals surface area contributed by atoms with Crippen LogP contribution in [0.1, 0.15) is 26.7 Å². The summed E-state index contributed by atoms with van der Waals surface area (Å²) in [5.41, 5.74) is 0.418. The number of hydrogen-bond donors (Lipinski definition) is 2. The summed E-state index contributed by atoms with van der Waals surface area (Å²) in [4.78, 5) is 0. The van der Waals surface area contributed by atoms with Crippen molar-refractivity contribution >= 4 is 12.6 Å². The van der Waals surface area contributed by atoms with E-state index in [0.29, 0.717) is 5.54 Å². The van der Waals surface area contributed by atoms with Crippen molar-refractivity contribution in [3.63, 3.8) is 0 Å². The summed E-state index contributed by atoms with van der Waals surface area (Å²) in [6.07, 6.45) is 2.63. The van der Waals surface area contributed by atoms with Gasteiger partial charge in [0.05, 0.1) is 0 Å². The quantitative estimate of drug-likeness (QED) is 0.445. The van der Waals surface area contributed by atoms with Crippen LogP contribution >= 0.6 is 12.6 Å². The lowest BCUT2D eigenvalue weighted by Crippen LogP contribution is -2.51. The van der Waals surface area contributed by atoms with Crippen LogP contribution in [0.4, 0.5) is 0 Å². The Hall–Kier alpha value is 0.310. The zero-order valence-electron chi connectivity index (χ0n) is 6.15. The Labute approximate surface area is 62.6 Å². The minimum absolute atomic E-state index is 0.418. The zero-order valence-corrected chi connectivity index (χ0v) is 7.04. The van der Waals surface area contributed by atoms with E-state index >= 15 is 0 Å². The van der Waals surface area contributed by atoms with Crippen LogP contribution in [0.3, 0.4) is 0 Å². The van der Waals surface area contributed by atoms with Gasteiger partial charge in [0.25, 0.3) is 0 Å². The first-order valence-corrected chi connectivity index (χ1v) is 4.15. The molecule has 0 radical (unpaired) electrons. The van der Waals surface area contributed by atoms with Gasteiger partial charge in [0.15, 0.2) is 0 Å². The highest BCUT2D eigenvalue weighted by Gasteiger charge is 2.36. The normalized spacial score (nSPS) is 42.3. The molecule has 1 aliphatic carbocycles. The van der Waals surface area contributed by atoms with Crippen LogP contribution in [-0.2, 0) is 0 Å². The van der Waals surface area contributed by atoms with Gasteiger partial charge in [-0.15, -0.1) is 0 Å². The van der Waals surface area contributed by atoms with Gasteiger partial charge in [0, 0.05) is 11.4 Å². The Balaban J connectivity index is 2.23. The summed E-state index contributed by atoms with van der Waals surface area (Å²) in [6, 6.07) is 0. The maximum absolute atomic E-state index is 4.12. The molecule has 0 atom stereocenters. The fourth-order valence-electron chi connectivity index (χ4n) is 1.81. The van der Waals surface area contributed by atoms with E-state index in [1.807, 2.05) is 0 Å². The van der Waals surface area contributed by atoms with Gasteiger partial charge in [0.2, 0.25) is 0 Å². The summed E-state index contributed by atoms with van der Waals surface area (Å²) in [5, 5.41) is 3.35. The monoisotopic (exact) mass is 145 g/mol. The highest BCUT2D eigenvalue weighted by Crippen LogP contribution is 2.36. The van der Waals surface area contributed by atoms with Crippen molar-refractivity contribution < 1.29 is 0 Å². The van der Waals surface area contributed by atoms with Gasteiger partial charge in [-0.25, -0.2) is 0 Å². The molecule has 0 bridgehead atoms. The van der Waals surface area contributed by atoms with Crippen LogP contribution in [0, 0.1) is 5.92 Å². The first kappa shape index (κ1) is 7.42. The Morgan fingerprint density at radius 1 is 1.67 bits per heavy atom. The largest absolute Gasteiger partial charge is 0.303 e. The Kier molecular flexibility index (Phi) is 2.07. The van der Waals surface area contributed by atoms with Crippen molar-refractivity contribution in [2.75, 3.05) is 5.88 Å². The SMILES string of the molecule is CC1CC(C)(NCS)C1. The molecule has 0 amide bonds. The molecule has 0 saturated heterocycles. The van der Waals surface area contributed by atoms with Crippen molar-refractivity contribution in [2.24, 2.45) is 5.92 Å². The van der Waals surface area contributed by atoms with Crippen molar-refractivity contribution in [1.82, 2.24) is 5.32 Å². The number of hydrogen-bond acceptors (Lipinski definition) is 2. The molecular weight excluding hydrogens is 130 g/mol. The molecule has 1 rings (SSSR count). The molecule has 0 heterocycles. The molecule has 0 aromatic heterocycles. The smallest absolute Gasteiger partial charge is 0.0391 e. The van der Waals surface area contributed by atoms with E-state index in [1.54, 1.807) is 0 Å². The maximum atomic E-state index is 4.12. The van der Waals surface area contributed by atoms with Crippen molar-refractivity contribution in [2.45, 2.75) is 32.2 Å². The lowest BCUT2D eigenvalue weighted by atomic mass is 9.71. The summed E-state index contributed by atoms with van der Waals surface area (Å²) in [7, 11) is 0. The summed E-state index contributed by atoms with van der Waals surface area (Å²) in [6.45, 7) is 4.56.